The molecule has 0 amide bonds. The fourth-order valence-corrected chi connectivity index (χ4v) is 9.16. The van der Waals surface area contributed by atoms with Crippen LogP contribution in [0.25, 0.3) is 97.6 Å². The lowest BCUT2D eigenvalue weighted by Gasteiger charge is -2.13. The van der Waals surface area contributed by atoms with Gasteiger partial charge in [-0.3, -0.25) is 4.57 Å². The summed E-state index contributed by atoms with van der Waals surface area (Å²) in [5.41, 5.74) is 8.75. The molecule has 0 atom stereocenters. The fourth-order valence-electron chi connectivity index (χ4n) is 7.92. The van der Waals surface area contributed by atoms with Crippen molar-refractivity contribution in [2.45, 2.75) is 0 Å². The molecule has 0 bridgehead atoms. The van der Waals surface area contributed by atoms with E-state index in [1.54, 1.807) is 0 Å². The molecule has 0 radical (unpaired) electrons. The number of rotatable bonds is 3. The Hall–Kier alpha value is -6.30. The zero-order valence-corrected chi connectivity index (χ0v) is 27.0. The van der Waals surface area contributed by atoms with Gasteiger partial charge in [0.1, 0.15) is 0 Å². The Balaban J connectivity index is 1.42. The van der Waals surface area contributed by atoms with Gasteiger partial charge in [-0.15, -0.1) is 11.3 Å². The summed E-state index contributed by atoms with van der Waals surface area (Å²) in [7, 11) is 0. The van der Waals surface area contributed by atoms with E-state index in [1.165, 1.54) is 52.8 Å². The smallest absolute Gasteiger partial charge is 0.235 e. The quantitative estimate of drug-likeness (QED) is 0.192. The highest BCUT2D eigenvalue weighted by atomic mass is 32.1. The lowest BCUT2D eigenvalue weighted by molar-refractivity contribution is 1.02. The number of thiophene rings is 1. The molecule has 0 aliphatic carbocycles. The van der Waals surface area contributed by atoms with E-state index in [0.29, 0.717) is 5.95 Å². The molecule has 0 unspecified atom stereocenters. The van der Waals surface area contributed by atoms with Crippen LogP contribution in [0.3, 0.4) is 0 Å². The summed E-state index contributed by atoms with van der Waals surface area (Å²) in [5, 5.41) is 8.47. The van der Waals surface area contributed by atoms with Crippen molar-refractivity contribution in [3.8, 4) is 22.9 Å². The predicted octanol–water partition coefficient (Wildman–Crippen LogP) is 11.9. The van der Waals surface area contributed by atoms with Gasteiger partial charge in [0.15, 0.2) is 0 Å². The maximum absolute atomic E-state index is 5.42. The minimum absolute atomic E-state index is 0.675. The molecule has 0 saturated carbocycles. The summed E-state index contributed by atoms with van der Waals surface area (Å²) < 4.78 is 7.29. The summed E-state index contributed by atoms with van der Waals surface area (Å²) >= 11 is 1.86. The number of hydrogen-bond donors (Lipinski definition) is 0. The largest absolute Gasteiger partial charge is 0.309 e. The highest BCUT2D eigenvalue weighted by Crippen LogP contribution is 2.51. The van der Waals surface area contributed by atoms with E-state index >= 15 is 0 Å². The van der Waals surface area contributed by atoms with Crippen LogP contribution in [0.2, 0.25) is 0 Å². The second kappa shape index (κ2) is 10.1. The molecular formula is C44H26N4S. The Bertz CT molecular complexity index is 3100. The lowest BCUT2D eigenvalue weighted by Crippen LogP contribution is -2.03. The molecule has 11 aromatic rings. The Morgan fingerprint density at radius 3 is 1.76 bits per heavy atom. The molecule has 0 saturated heterocycles. The molecule has 0 fully saturated rings. The second-order valence-corrected chi connectivity index (χ2v) is 13.6. The van der Waals surface area contributed by atoms with Crippen molar-refractivity contribution >= 4 is 86.0 Å². The van der Waals surface area contributed by atoms with Gasteiger partial charge in [0.2, 0.25) is 5.95 Å². The number of aromatic nitrogens is 4. The third-order valence-corrected chi connectivity index (χ3v) is 11.1. The monoisotopic (exact) mass is 642 g/mol. The first-order chi connectivity index (χ1) is 24.3. The molecule has 11 rings (SSSR count). The van der Waals surface area contributed by atoms with Gasteiger partial charge >= 0.3 is 0 Å². The third kappa shape index (κ3) is 3.68. The number of fused-ring (bicyclic) bond motifs is 13. The van der Waals surface area contributed by atoms with E-state index < -0.39 is 0 Å². The third-order valence-electron chi connectivity index (χ3n) is 9.90. The highest BCUT2D eigenvalue weighted by Gasteiger charge is 2.27. The van der Waals surface area contributed by atoms with E-state index in [2.05, 4.69) is 167 Å². The maximum atomic E-state index is 5.42. The van der Waals surface area contributed by atoms with Crippen LogP contribution in [0.1, 0.15) is 0 Å². The Morgan fingerprint density at radius 2 is 1.00 bits per heavy atom. The molecule has 0 aliphatic heterocycles. The maximum Gasteiger partial charge on any atom is 0.235 e. The molecule has 5 heteroatoms. The van der Waals surface area contributed by atoms with Gasteiger partial charge in [-0.05, 0) is 36.4 Å². The fraction of sp³-hybridized carbons (Fsp3) is 0. The van der Waals surface area contributed by atoms with Crippen LogP contribution < -0.4 is 0 Å². The molecular weight excluding hydrogens is 617 g/mol. The van der Waals surface area contributed by atoms with Crippen molar-refractivity contribution in [1.82, 2.24) is 19.1 Å². The summed E-state index contributed by atoms with van der Waals surface area (Å²) in [6.07, 6.45) is 0. The SMILES string of the molecule is c1ccc(-c2nc(-n3c4ccccc4c4c5c6ccccc6n(-c6ccccc6)c5c5c6ccccc6sc5c43)nc3ccccc23)cc1. The van der Waals surface area contributed by atoms with Crippen LogP contribution in [0.15, 0.2) is 158 Å². The van der Waals surface area contributed by atoms with Crippen molar-refractivity contribution in [3.05, 3.63) is 158 Å². The Kier molecular flexibility index (Phi) is 5.51. The molecule has 0 aliphatic rings. The van der Waals surface area contributed by atoms with Gasteiger partial charge in [-0.25, -0.2) is 9.97 Å². The van der Waals surface area contributed by atoms with Crippen LogP contribution in [0, 0.1) is 0 Å². The van der Waals surface area contributed by atoms with Crippen molar-refractivity contribution < 1.29 is 0 Å². The Labute approximate surface area is 284 Å². The number of benzene rings is 7. The van der Waals surface area contributed by atoms with Crippen LogP contribution in [0.5, 0.6) is 0 Å². The first kappa shape index (κ1) is 26.7. The molecule has 4 aromatic heterocycles. The Morgan fingerprint density at radius 1 is 0.429 bits per heavy atom. The predicted molar refractivity (Wildman–Crippen MR) is 207 cm³/mol. The van der Waals surface area contributed by atoms with Crippen LogP contribution in [-0.2, 0) is 0 Å². The van der Waals surface area contributed by atoms with E-state index in [4.69, 9.17) is 9.97 Å². The molecule has 0 N–H and O–H groups in total. The summed E-state index contributed by atoms with van der Waals surface area (Å²) in [6, 6.07) is 56.1. The van der Waals surface area contributed by atoms with E-state index in [9.17, 15) is 0 Å². The number of hydrogen-bond acceptors (Lipinski definition) is 3. The highest BCUT2D eigenvalue weighted by molar-refractivity contribution is 7.27. The van der Waals surface area contributed by atoms with Gasteiger partial charge in [-0.1, -0.05) is 121 Å². The molecule has 4 nitrogen and oxygen atoms in total. The van der Waals surface area contributed by atoms with Gasteiger partial charge in [0.25, 0.3) is 0 Å². The summed E-state index contributed by atoms with van der Waals surface area (Å²) in [5.74, 6) is 0.675. The van der Waals surface area contributed by atoms with Crippen molar-refractivity contribution in [1.29, 1.82) is 0 Å². The van der Waals surface area contributed by atoms with Crippen LogP contribution in [-0.4, -0.2) is 19.1 Å². The normalized spacial score (nSPS) is 12.1. The minimum atomic E-state index is 0.675. The van der Waals surface area contributed by atoms with E-state index in [0.717, 1.165) is 38.9 Å². The van der Waals surface area contributed by atoms with Crippen molar-refractivity contribution in [3.63, 3.8) is 0 Å². The van der Waals surface area contributed by atoms with Gasteiger partial charge in [0.05, 0.1) is 38.0 Å². The molecule has 49 heavy (non-hydrogen) atoms. The second-order valence-electron chi connectivity index (χ2n) is 12.5. The topological polar surface area (TPSA) is 35.6 Å². The van der Waals surface area contributed by atoms with Crippen molar-refractivity contribution in [2.24, 2.45) is 0 Å². The molecule has 0 spiro atoms. The van der Waals surface area contributed by atoms with Gasteiger partial charge < -0.3 is 4.57 Å². The first-order valence-corrected chi connectivity index (χ1v) is 17.3. The van der Waals surface area contributed by atoms with Crippen LogP contribution in [0.4, 0.5) is 0 Å². The zero-order chi connectivity index (χ0) is 32.1. The standard InChI is InChI=1S/C44H26N4S/c1-3-15-27(16-4-1)40-29-19-7-11-23-33(29)45-44(46-40)48-35-25-13-9-21-31(35)38-37-30-20-8-12-24-34(30)47(28-17-5-2-6-18-28)41(37)39-32-22-10-14-26-36(32)49-43(39)42(38)48/h1-26H. The average Bonchev–Trinajstić information content (AvgIpc) is 3.83. The molecule has 4 heterocycles. The van der Waals surface area contributed by atoms with Gasteiger partial charge in [0, 0.05) is 53.7 Å². The zero-order valence-electron chi connectivity index (χ0n) is 26.2. The first-order valence-electron chi connectivity index (χ1n) is 16.5. The molecule has 7 aromatic carbocycles. The van der Waals surface area contributed by atoms with Gasteiger partial charge in [-0.2, -0.15) is 0 Å². The van der Waals surface area contributed by atoms with E-state index in [-0.39, 0.29) is 0 Å². The van der Waals surface area contributed by atoms with Crippen molar-refractivity contribution in [2.75, 3.05) is 0 Å². The minimum Gasteiger partial charge on any atom is -0.309 e. The number of nitrogens with zero attached hydrogens (tertiary/aromatic N) is 4. The number of para-hydroxylation sites is 4. The molecule has 228 valence electrons. The lowest BCUT2D eigenvalue weighted by atomic mass is 10.0. The van der Waals surface area contributed by atoms with E-state index in [1.807, 2.05) is 11.3 Å². The summed E-state index contributed by atoms with van der Waals surface area (Å²) in [6.45, 7) is 0. The summed E-state index contributed by atoms with van der Waals surface area (Å²) in [4.78, 5) is 10.7. The van der Waals surface area contributed by atoms with Crippen LogP contribution >= 0.6 is 11.3 Å². The average molecular weight is 643 g/mol.